The molecular weight excluding hydrogens is 347 g/mol. The van der Waals surface area contributed by atoms with Gasteiger partial charge in [-0.15, -0.1) is 0 Å². The lowest BCUT2D eigenvalue weighted by Gasteiger charge is -2.12. The van der Waals surface area contributed by atoms with E-state index in [2.05, 4.69) is 4.74 Å². The maximum absolute atomic E-state index is 13.4. The molecule has 2 nitrogen and oxygen atoms in total. The van der Waals surface area contributed by atoms with Gasteiger partial charge in [0.25, 0.3) is 0 Å². The molecule has 0 fully saturated rings. The zero-order chi connectivity index (χ0) is 17.6. The number of rotatable bonds is 2. The van der Waals surface area contributed by atoms with Gasteiger partial charge in [0.15, 0.2) is 5.75 Å². The molecule has 11 heteroatoms. The highest BCUT2D eigenvalue weighted by Gasteiger charge is 2.32. The van der Waals surface area contributed by atoms with E-state index >= 15 is 0 Å². The summed E-state index contributed by atoms with van der Waals surface area (Å²) in [6.45, 7) is 0. The highest BCUT2D eigenvalue weighted by Crippen LogP contribution is 2.39. The van der Waals surface area contributed by atoms with Gasteiger partial charge >= 0.3 is 0 Å². The minimum Gasteiger partial charge on any atom is -0.503 e. The number of ether oxygens (including phenoxy) is 1. The molecule has 0 amide bonds. The molecule has 0 heterocycles. The summed E-state index contributed by atoms with van der Waals surface area (Å²) in [5.41, 5.74) is 0. The Labute approximate surface area is 120 Å². The number of benzene rings is 2. The van der Waals surface area contributed by atoms with Gasteiger partial charge in [0.05, 0.1) is 0 Å². The predicted molar refractivity (Wildman–Crippen MR) is 54.2 cm³/mol. The molecule has 124 valence electrons. The maximum Gasteiger partial charge on any atom is 0.213 e. The topological polar surface area (TPSA) is 29.5 Å². The summed E-state index contributed by atoms with van der Waals surface area (Å²) in [7, 11) is 0. The van der Waals surface area contributed by atoms with E-state index in [0.29, 0.717) is 0 Å². The van der Waals surface area contributed by atoms with Crippen LogP contribution in [0.3, 0.4) is 0 Å². The second-order valence-corrected chi connectivity index (χ2v) is 3.93. The first-order chi connectivity index (χ1) is 10.6. The van der Waals surface area contributed by atoms with Crippen LogP contribution < -0.4 is 4.74 Å². The lowest BCUT2D eigenvalue weighted by atomic mass is 10.2. The summed E-state index contributed by atoms with van der Waals surface area (Å²) < 4.78 is 122. The number of hydrogen-bond acceptors (Lipinski definition) is 2. The van der Waals surface area contributed by atoms with Crippen molar-refractivity contribution in [3.8, 4) is 17.2 Å². The Balaban J connectivity index is 2.71. The monoisotopic (exact) mass is 348 g/mol. The van der Waals surface area contributed by atoms with Crippen molar-refractivity contribution in [2.24, 2.45) is 0 Å². The Hall–Kier alpha value is -2.59. The van der Waals surface area contributed by atoms with Gasteiger partial charge in [-0.3, -0.25) is 0 Å². The second-order valence-electron chi connectivity index (χ2n) is 3.93. The van der Waals surface area contributed by atoms with E-state index in [1.54, 1.807) is 0 Å². The predicted octanol–water partition coefficient (Wildman–Crippen LogP) is 4.44. The Bertz CT molecular complexity index is 694. The lowest BCUT2D eigenvalue weighted by molar-refractivity contribution is 0.296. The van der Waals surface area contributed by atoms with Gasteiger partial charge in [0.2, 0.25) is 63.9 Å². The minimum absolute atomic E-state index is 2.11. The van der Waals surface area contributed by atoms with Crippen molar-refractivity contribution < 1.29 is 49.4 Å². The molecule has 0 saturated heterocycles. The first-order valence-corrected chi connectivity index (χ1v) is 5.33. The highest BCUT2D eigenvalue weighted by atomic mass is 19.2. The molecular formula is C12HF9O2. The van der Waals surface area contributed by atoms with Crippen molar-refractivity contribution in [1.82, 2.24) is 0 Å². The second kappa shape index (κ2) is 5.56. The van der Waals surface area contributed by atoms with Crippen LogP contribution in [0.4, 0.5) is 39.5 Å². The third-order valence-electron chi connectivity index (χ3n) is 2.57. The van der Waals surface area contributed by atoms with Gasteiger partial charge < -0.3 is 9.84 Å². The van der Waals surface area contributed by atoms with Gasteiger partial charge in [0, 0.05) is 0 Å². The molecule has 2 aromatic rings. The summed E-state index contributed by atoms with van der Waals surface area (Å²) in [6.07, 6.45) is 0. The smallest absolute Gasteiger partial charge is 0.213 e. The van der Waals surface area contributed by atoms with Crippen LogP contribution in [0.25, 0.3) is 0 Å². The molecule has 0 aliphatic heterocycles. The number of hydrogen-bond donors (Lipinski definition) is 1. The first kappa shape index (κ1) is 16.8. The van der Waals surface area contributed by atoms with Gasteiger partial charge in [-0.25, -0.2) is 17.6 Å². The Morgan fingerprint density at radius 3 is 1.17 bits per heavy atom. The molecule has 0 unspecified atom stereocenters. The molecule has 0 radical (unpaired) electrons. The van der Waals surface area contributed by atoms with Crippen LogP contribution in [-0.4, -0.2) is 5.11 Å². The number of phenols is 1. The third-order valence-corrected chi connectivity index (χ3v) is 2.57. The SMILES string of the molecule is Oc1c(F)c(F)c(F)c(Oc2c(F)c(F)c(F)c(F)c2F)c1F. The van der Waals surface area contributed by atoms with Crippen molar-refractivity contribution in [2.75, 3.05) is 0 Å². The summed E-state index contributed by atoms with van der Waals surface area (Å²) >= 11 is 0. The molecule has 0 atom stereocenters. The van der Waals surface area contributed by atoms with E-state index in [1.807, 2.05) is 0 Å². The van der Waals surface area contributed by atoms with Crippen LogP contribution in [0.5, 0.6) is 17.2 Å². The molecule has 23 heavy (non-hydrogen) atoms. The molecule has 0 saturated carbocycles. The Kier molecular flexibility index (Phi) is 4.05. The van der Waals surface area contributed by atoms with Crippen molar-refractivity contribution in [1.29, 1.82) is 0 Å². The van der Waals surface area contributed by atoms with Crippen molar-refractivity contribution in [3.05, 3.63) is 52.4 Å². The van der Waals surface area contributed by atoms with Crippen molar-refractivity contribution >= 4 is 0 Å². The van der Waals surface area contributed by atoms with Crippen LogP contribution in [0.2, 0.25) is 0 Å². The molecule has 0 aromatic heterocycles. The average Bonchev–Trinajstić information content (AvgIpc) is 2.54. The van der Waals surface area contributed by atoms with E-state index in [1.165, 1.54) is 0 Å². The van der Waals surface area contributed by atoms with E-state index < -0.39 is 69.6 Å². The van der Waals surface area contributed by atoms with Gasteiger partial charge in [-0.1, -0.05) is 0 Å². The molecule has 0 bridgehead atoms. The first-order valence-electron chi connectivity index (χ1n) is 5.33. The van der Waals surface area contributed by atoms with Crippen molar-refractivity contribution in [2.45, 2.75) is 0 Å². The standard InChI is InChI=1S/C12HF9O2/c13-1-2(14)6(18)11(7(19)3(1)15)23-12-8(20)4(16)5(17)10(22)9(12)21/h22H. The van der Waals surface area contributed by atoms with Crippen LogP contribution in [0, 0.1) is 52.4 Å². The average molecular weight is 348 g/mol. The maximum atomic E-state index is 13.4. The largest absolute Gasteiger partial charge is 0.503 e. The van der Waals surface area contributed by atoms with E-state index in [0.717, 1.165) is 0 Å². The van der Waals surface area contributed by atoms with Crippen LogP contribution in [0.1, 0.15) is 0 Å². The summed E-state index contributed by atoms with van der Waals surface area (Å²) in [5.74, 6) is -29.0. The van der Waals surface area contributed by atoms with Crippen LogP contribution in [-0.2, 0) is 0 Å². The van der Waals surface area contributed by atoms with Gasteiger partial charge in [-0.05, 0) is 0 Å². The fourth-order valence-electron chi connectivity index (χ4n) is 1.47. The normalized spacial score (nSPS) is 11.0. The minimum atomic E-state index is -2.59. The summed E-state index contributed by atoms with van der Waals surface area (Å²) in [6, 6.07) is 0. The molecule has 1 N–H and O–H groups in total. The zero-order valence-corrected chi connectivity index (χ0v) is 10.3. The van der Waals surface area contributed by atoms with Gasteiger partial charge in [-0.2, -0.15) is 22.0 Å². The number of phenolic OH excluding ortho intramolecular Hbond substituents is 1. The third kappa shape index (κ3) is 2.41. The van der Waals surface area contributed by atoms with E-state index in [-0.39, 0.29) is 0 Å². The lowest BCUT2D eigenvalue weighted by Crippen LogP contribution is -2.07. The molecule has 2 aromatic carbocycles. The molecule has 0 aliphatic carbocycles. The Morgan fingerprint density at radius 1 is 0.435 bits per heavy atom. The molecule has 0 spiro atoms. The molecule has 2 rings (SSSR count). The quantitative estimate of drug-likeness (QED) is 0.494. The van der Waals surface area contributed by atoms with E-state index in [9.17, 15) is 39.5 Å². The molecule has 0 aliphatic rings. The number of aromatic hydroxyl groups is 1. The van der Waals surface area contributed by atoms with Crippen LogP contribution >= 0.6 is 0 Å². The number of halogens is 9. The summed E-state index contributed by atoms with van der Waals surface area (Å²) in [5, 5.41) is 8.83. The van der Waals surface area contributed by atoms with Gasteiger partial charge in [0.1, 0.15) is 0 Å². The Morgan fingerprint density at radius 2 is 0.739 bits per heavy atom. The van der Waals surface area contributed by atoms with Crippen LogP contribution in [0.15, 0.2) is 0 Å². The fraction of sp³-hybridized carbons (Fsp3) is 0. The van der Waals surface area contributed by atoms with E-state index in [4.69, 9.17) is 5.11 Å². The fourth-order valence-corrected chi connectivity index (χ4v) is 1.47. The highest BCUT2D eigenvalue weighted by molar-refractivity contribution is 5.42. The van der Waals surface area contributed by atoms with Crippen molar-refractivity contribution in [3.63, 3.8) is 0 Å². The summed E-state index contributed by atoms with van der Waals surface area (Å²) in [4.78, 5) is 0. The zero-order valence-electron chi connectivity index (χ0n) is 10.3.